The molecule has 3 heterocycles. The number of benzene rings is 1. The zero-order valence-electron chi connectivity index (χ0n) is 19.3. The van der Waals surface area contributed by atoms with Crippen molar-refractivity contribution in [3.05, 3.63) is 57.1 Å². The molecular weight excluding hydrogens is 475 g/mol. The lowest BCUT2D eigenvalue weighted by atomic mass is 9.87. The van der Waals surface area contributed by atoms with Crippen molar-refractivity contribution in [3.8, 4) is 16.9 Å². The standard InChI is InChI=1S/C25H26Cl2N4O3/c1-4-31-22-14(12-29-24-19(22)9-13(2)30-24)10-18(25(31)33)21-15(5-7-26)17(23(28)32)11-20(34-3)16(21)6-8-27/h9-12H,4-8H2,1-3H3,(H2,28,32)(H,29,30). The molecule has 4 aromatic rings. The highest BCUT2D eigenvalue weighted by atomic mass is 35.5. The van der Waals surface area contributed by atoms with E-state index in [-0.39, 0.29) is 17.0 Å². The van der Waals surface area contributed by atoms with Gasteiger partial charge in [0.25, 0.3) is 5.56 Å². The normalized spacial score (nSPS) is 11.4. The fraction of sp³-hybridized carbons (Fsp3) is 0.320. The van der Waals surface area contributed by atoms with Crippen molar-refractivity contribution in [2.24, 2.45) is 5.73 Å². The maximum absolute atomic E-state index is 14.0. The second kappa shape index (κ2) is 9.68. The molecule has 1 aromatic carbocycles. The predicted octanol–water partition coefficient (Wildman–Crippen LogP) is 4.54. The van der Waals surface area contributed by atoms with Gasteiger partial charge < -0.3 is 20.0 Å². The molecule has 0 fully saturated rings. The minimum Gasteiger partial charge on any atom is -0.496 e. The van der Waals surface area contributed by atoms with E-state index in [4.69, 9.17) is 33.7 Å². The van der Waals surface area contributed by atoms with E-state index in [9.17, 15) is 9.59 Å². The molecule has 0 aliphatic carbocycles. The Balaban J connectivity index is 2.20. The van der Waals surface area contributed by atoms with Crippen LogP contribution in [-0.2, 0) is 19.4 Å². The van der Waals surface area contributed by atoms with E-state index in [1.54, 1.807) is 16.8 Å². The van der Waals surface area contributed by atoms with Gasteiger partial charge in [0.2, 0.25) is 5.91 Å². The smallest absolute Gasteiger partial charge is 0.258 e. The number of nitrogens with one attached hydrogen (secondary N) is 1. The third kappa shape index (κ3) is 3.93. The highest BCUT2D eigenvalue weighted by Gasteiger charge is 2.25. The molecular formula is C25H26Cl2N4O3. The summed E-state index contributed by atoms with van der Waals surface area (Å²) in [5, 5.41) is 1.69. The average molecular weight is 501 g/mol. The van der Waals surface area contributed by atoms with Crippen molar-refractivity contribution in [1.82, 2.24) is 14.5 Å². The van der Waals surface area contributed by atoms with Crippen LogP contribution in [-0.4, -0.2) is 39.3 Å². The molecule has 0 bridgehead atoms. The van der Waals surface area contributed by atoms with Crippen LogP contribution in [0.15, 0.2) is 29.2 Å². The summed E-state index contributed by atoms with van der Waals surface area (Å²) in [7, 11) is 1.52. The second-order valence-corrected chi connectivity index (χ2v) is 8.84. The molecule has 3 aromatic heterocycles. The molecule has 0 unspecified atom stereocenters. The van der Waals surface area contributed by atoms with E-state index in [1.807, 2.05) is 26.0 Å². The lowest BCUT2D eigenvalue weighted by molar-refractivity contribution is 0.0999. The Hall–Kier alpha value is -3.03. The number of alkyl halides is 2. The van der Waals surface area contributed by atoms with Crippen molar-refractivity contribution < 1.29 is 9.53 Å². The van der Waals surface area contributed by atoms with Gasteiger partial charge in [-0.2, -0.15) is 0 Å². The number of hydrogen-bond donors (Lipinski definition) is 2. The van der Waals surface area contributed by atoms with E-state index in [0.717, 1.165) is 33.2 Å². The van der Waals surface area contributed by atoms with Gasteiger partial charge in [-0.15, -0.1) is 23.2 Å². The number of H-pyrrole nitrogens is 1. The first-order valence-electron chi connectivity index (χ1n) is 11.0. The van der Waals surface area contributed by atoms with Crippen LogP contribution >= 0.6 is 23.2 Å². The van der Waals surface area contributed by atoms with Crippen LogP contribution in [0.2, 0.25) is 0 Å². The molecule has 3 N–H and O–H groups in total. The monoisotopic (exact) mass is 500 g/mol. The molecule has 0 saturated carbocycles. The summed E-state index contributed by atoms with van der Waals surface area (Å²) in [5.41, 5.74) is 10.7. The summed E-state index contributed by atoms with van der Waals surface area (Å²) in [6.07, 6.45) is 2.54. The number of carbonyl (C=O) groups is 1. The minimum atomic E-state index is -0.611. The average Bonchev–Trinajstić information content (AvgIpc) is 3.20. The van der Waals surface area contributed by atoms with Crippen LogP contribution in [0.1, 0.15) is 34.1 Å². The SMILES string of the molecule is CCn1c(=O)c(-c2c(CCCl)c(OC)cc(C(N)=O)c2CCCl)cc2cnc3[nH]c(C)cc3c21. The number of rotatable bonds is 8. The summed E-state index contributed by atoms with van der Waals surface area (Å²) < 4.78 is 7.34. The molecule has 9 heteroatoms. The van der Waals surface area contributed by atoms with Gasteiger partial charge in [-0.05, 0) is 56.0 Å². The number of fused-ring (bicyclic) bond motifs is 3. The Kier molecular flexibility index (Phi) is 6.86. The van der Waals surface area contributed by atoms with Gasteiger partial charge in [-0.3, -0.25) is 9.59 Å². The summed E-state index contributed by atoms with van der Waals surface area (Å²) in [4.78, 5) is 34.1. The fourth-order valence-corrected chi connectivity index (χ4v) is 5.11. The van der Waals surface area contributed by atoms with Crippen LogP contribution in [0, 0.1) is 6.92 Å². The number of primary amides is 1. The maximum atomic E-state index is 14.0. The van der Waals surface area contributed by atoms with E-state index >= 15 is 0 Å². The molecule has 4 rings (SSSR count). The lowest BCUT2D eigenvalue weighted by Gasteiger charge is -2.21. The first-order valence-corrected chi connectivity index (χ1v) is 12.1. The Morgan fingerprint density at radius 2 is 1.88 bits per heavy atom. The molecule has 0 spiro atoms. The van der Waals surface area contributed by atoms with E-state index < -0.39 is 5.91 Å². The van der Waals surface area contributed by atoms with Gasteiger partial charge >= 0.3 is 0 Å². The predicted molar refractivity (Wildman–Crippen MR) is 138 cm³/mol. The van der Waals surface area contributed by atoms with Gasteiger partial charge in [0.15, 0.2) is 0 Å². The van der Waals surface area contributed by atoms with E-state index in [0.29, 0.717) is 47.7 Å². The highest BCUT2D eigenvalue weighted by molar-refractivity contribution is 6.18. The van der Waals surface area contributed by atoms with E-state index in [1.165, 1.54) is 7.11 Å². The Morgan fingerprint density at radius 3 is 2.50 bits per heavy atom. The van der Waals surface area contributed by atoms with Gasteiger partial charge in [0.05, 0.1) is 12.6 Å². The van der Waals surface area contributed by atoms with Crippen molar-refractivity contribution in [3.63, 3.8) is 0 Å². The number of nitrogens with two attached hydrogens (primary N) is 1. The summed E-state index contributed by atoms with van der Waals surface area (Å²) >= 11 is 12.3. The topological polar surface area (TPSA) is 103 Å². The Labute approximate surface area is 206 Å². The van der Waals surface area contributed by atoms with Gasteiger partial charge in [0.1, 0.15) is 11.4 Å². The van der Waals surface area contributed by atoms with Crippen LogP contribution < -0.4 is 16.0 Å². The Bertz CT molecular complexity index is 1470. The molecule has 0 aliphatic heterocycles. The van der Waals surface area contributed by atoms with E-state index in [2.05, 4.69) is 9.97 Å². The summed E-state index contributed by atoms with van der Waals surface area (Å²) in [5.74, 6) is 0.403. The van der Waals surface area contributed by atoms with Gasteiger partial charge in [-0.1, -0.05) is 0 Å². The number of carbonyl (C=O) groups excluding carboxylic acids is 1. The Morgan fingerprint density at radius 1 is 1.18 bits per heavy atom. The fourth-order valence-electron chi connectivity index (χ4n) is 4.73. The van der Waals surface area contributed by atoms with Gasteiger partial charge in [0, 0.05) is 57.7 Å². The number of ether oxygens (including phenoxy) is 1. The largest absolute Gasteiger partial charge is 0.496 e. The first-order chi connectivity index (χ1) is 16.4. The number of aromatic nitrogens is 3. The number of hydrogen-bond acceptors (Lipinski definition) is 4. The number of aromatic amines is 1. The lowest BCUT2D eigenvalue weighted by Crippen LogP contribution is -2.24. The van der Waals surface area contributed by atoms with Crippen molar-refractivity contribution >= 4 is 51.0 Å². The highest BCUT2D eigenvalue weighted by Crippen LogP contribution is 2.38. The summed E-state index contributed by atoms with van der Waals surface area (Å²) in [6.45, 7) is 4.33. The van der Waals surface area contributed by atoms with Gasteiger partial charge in [-0.25, -0.2) is 4.98 Å². The van der Waals surface area contributed by atoms with Crippen molar-refractivity contribution in [2.45, 2.75) is 33.2 Å². The maximum Gasteiger partial charge on any atom is 0.258 e. The molecule has 178 valence electrons. The number of nitrogens with zero attached hydrogens (tertiary/aromatic N) is 2. The zero-order chi connectivity index (χ0) is 24.6. The molecule has 0 atom stereocenters. The molecule has 7 nitrogen and oxygen atoms in total. The third-order valence-corrected chi connectivity index (χ3v) is 6.48. The first kappa shape index (κ1) is 24.1. The molecule has 34 heavy (non-hydrogen) atoms. The quantitative estimate of drug-likeness (QED) is 0.346. The number of aryl methyl sites for hydroxylation is 2. The molecule has 0 aliphatic rings. The van der Waals surface area contributed by atoms with Crippen LogP contribution in [0.3, 0.4) is 0 Å². The molecule has 0 radical (unpaired) electrons. The minimum absolute atomic E-state index is 0.184. The number of methoxy groups -OCH3 is 1. The molecule has 0 saturated heterocycles. The van der Waals surface area contributed by atoms with Crippen LogP contribution in [0.5, 0.6) is 5.75 Å². The number of amides is 1. The molecule has 1 amide bonds. The second-order valence-electron chi connectivity index (χ2n) is 8.08. The van der Waals surface area contributed by atoms with Crippen molar-refractivity contribution in [2.75, 3.05) is 18.9 Å². The third-order valence-electron chi connectivity index (χ3n) is 6.10. The number of halogens is 2. The van der Waals surface area contributed by atoms with Crippen molar-refractivity contribution in [1.29, 1.82) is 0 Å². The van der Waals surface area contributed by atoms with Crippen LogP contribution in [0.25, 0.3) is 33.1 Å². The van der Waals surface area contributed by atoms with Crippen LogP contribution in [0.4, 0.5) is 0 Å². The summed E-state index contributed by atoms with van der Waals surface area (Å²) in [6, 6.07) is 5.43. The zero-order valence-corrected chi connectivity index (χ0v) is 20.8. The number of pyridine rings is 2.